The molecule has 0 unspecified atom stereocenters. The molecule has 0 aliphatic carbocycles. The van der Waals surface area contributed by atoms with E-state index >= 15 is 0 Å². The molecule has 3 heteroatoms. The molecule has 6 aromatic carbocycles. The van der Waals surface area contributed by atoms with E-state index in [-0.39, 0.29) is 18.3 Å². The fourth-order valence-corrected chi connectivity index (χ4v) is 5.78. The van der Waals surface area contributed by atoms with Gasteiger partial charge in [0.25, 0.3) is 0 Å². The van der Waals surface area contributed by atoms with Crippen molar-refractivity contribution in [1.82, 2.24) is 0 Å². The minimum atomic E-state index is -0.370. The first kappa shape index (κ1) is 25.8. The molecule has 0 amide bonds. The zero-order chi connectivity index (χ0) is 28.2. The molecule has 0 aromatic heterocycles. The summed E-state index contributed by atoms with van der Waals surface area (Å²) in [6, 6.07) is 46.0. The van der Waals surface area contributed by atoms with Crippen LogP contribution in [0.25, 0.3) is 54.9 Å². The van der Waals surface area contributed by atoms with Gasteiger partial charge < -0.3 is 9.31 Å². The molecule has 41 heavy (non-hydrogen) atoms. The van der Waals surface area contributed by atoms with Gasteiger partial charge in [-0.3, -0.25) is 0 Å². The molecule has 0 saturated carbocycles. The van der Waals surface area contributed by atoms with Crippen molar-refractivity contribution >= 4 is 34.1 Å². The molecular weight excluding hydrogens is 499 g/mol. The number of benzene rings is 6. The molecule has 6 aromatic rings. The molecule has 1 fully saturated rings. The van der Waals surface area contributed by atoms with Crippen LogP contribution in [-0.4, -0.2) is 18.3 Å². The Hall–Kier alpha value is -4.18. The molecule has 1 aliphatic rings. The highest BCUT2D eigenvalue weighted by molar-refractivity contribution is 6.62. The molecule has 0 bridgehead atoms. The molecule has 200 valence electrons. The van der Waals surface area contributed by atoms with E-state index in [4.69, 9.17) is 9.31 Å². The third kappa shape index (κ3) is 4.66. The van der Waals surface area contributed by atoms with Crippen molar-refractivity contribution < 1.29 is 9.31 Å². The molecule has 7 rings (SSSR count). The second-order valence-corrected chi connectivity index (χ2v) is 12.1. The summed E-state index contributed by atoms with van der Waals surface area (Å²) in [6.45, 7) is 8.37. The van der Waals surface area contributed by atoms with Crippen LogP contribution in [0.4, 0.5) is 0 Å². The maximum absolute atomic E-state index is 6.31. The normalized spacial score (nSPS) is 16.0. The average Bonchev–Trinajstić information content (AvgIpc) is 3.22. The van der Waals surface area contributed by atoms with Gasteiger partial charge in [-0.05, 0) is 106 Å². The quantitative estimate of drug-likeness (QED) is 0.211. The van der Waals surface area contributed by atoms with Gasteiger partial charge in [-0.2, -0.15) is 0 Å². The van der Waals surface area contributed by atoms with E-state index in [0.29, 0.717) is 0 Å². The predicted molar refractivity (Wildman–Crippen MR) is 173 cm³/mol. The van der Waals surface area contributed by atoms with Crippen LogP contribution in [-0.2, 0) is 9.31 Å². The molecule has 1 heterocycles. The van der Waals surface area contributed by atoms with Crippen LogP contribution in [0, 0.1) is 0 Å². The van der Waals surface area contributed by atoms with Gasteiger partial charge in [0.1, 0.15) is 0 Å². The van der Waals surface area contributed by atoms with Crippen molar-refractivity contribution in [2.24, 2.45) is 0 Å². The topological polar surface area (TPSA) is 18.5 Å². The van der Waals surface area contributed by atoms with Crippen molar-refractivity contribution in [2.45, 2.75) is 38.9 Å². The Labute approximate surface area is 242 Å². The molecule has 2 nitrogen and oxygen atoms in total. The summed E-state index contributed by atoms with van der Waals surface area (Å²) in [5.74, 6) is 0. The standard InChI is InChI=1S/C38H33BO2/c1-37(2)38(3,4)41-39(40-37)34-13-9-12-28(25-34)29-17-18-31-24-33(21-19-30(31)22-29)36-15-8-7-14-35(36)32-20-16-26-10-5-6-11-27(26)23-32/h5-25H,1-4H3. The highest BCUT2D eigenvalue weighted by Crippen LogP contribution is 2.38. The Bertz CT molecular complexity index is 1900. The zero-order valence-electron chi connectivity index (χ0n) is 24.0. The molecule has 0 atom stereocenters. The monoisotopic (exact) mass is 532 g/mol. The largest absolute Gasteiger partial charge is 0.494 e. The van der Waals surface area contributed by atoms with Crippen LogP contribution in [0.3, 0.4) is 0 Å². The summed E-state index contributed by atoms with van der Waals surface area (Å²) >= 11 is 0. The minimum Gasteiger partial charge on any atom is -0.399 e. The van der Waals surface area contributed by atoms with Gasteiger partial charge in [-0.1, -0.05) is 109 Å². The Morgan fingerprint density at radius 3 is 1.51 bits per heavy atom. The Morgan fingerprint density at radius 1 is 0.415 bits per heavy atom. The van der Waals surface area contributed by atoms with E-state index in [1.807, 2.05) is 0 Å². The number of hydrogen-bond donors (Lipinski definition) is 0. The van der Waals surface area contributed by atoms with Gasteiger partial charge in [0.05, 0.1) is 11.2 Å². The Kier molecular flexibility index (Phi) is 6.12. The number of rotatable bonds is 4. The summed E-state index contributed by atoms with van der Waals surface area (Å²) in [4.78, 5) is 0. The second kappa shape index (κ2) is 9.73. The lowest BCUT2D eigenvalue weighted by atomic mass is 9.78. The number of hydrogen-bond acceptors (Lipinski definition) is 2. The highest BCUT2D eigenvalue weighted by Gasteiger charge is 2.51. The van der Waals surface area contributed by atoms with Crippen LogP contribution < -0.4 is 5.46 Å². The van der Waals surface area contributed by atoms with Gasteiger partial charge in [0, 0.05) is 0 Å². The average molecular weight is 532 g/mol. The van der Waals surface area contributed by atoms with E-state index in [1.165, 1.54) is 49.4 Å². The first-order chi connectivity index (χ1) is 19.8. The van der Waals surface area contributed by atoms with Crippen molar-refractivity contribution in [3.05, 3.63) is 127 Å². The zero-order valence-corrected chi connectivity index (χ0v) is 24.0. The summed E-state index contributed by atoms with van der Waals surface area (Å²) in [7, 11) is -0.370. The van der Waals surface area contributed by atoms with E-state index in [1.54, 1.807) is 0 Å². The highest BCUT2D eigenvalue weighted by atomic mass is 16.7. The first-order valence-corrected chi connectivity index (χ1v) is 14.4. The summed E-state index contributed by atoms with van der Waals surface area (Å²) in [5.41, 5.74) is 7.60. The van der Waals surface area contributed by atoms with Gasteiger partial charge in [-0.15, -0.1) is 0 Å². The van der Waals surface area contributed by atoms with Gasteiger partial charge >= 0.3 is 7.12 Å². The van der Waals surface area contributed by atoms with Gasteiger partial charge in [0.15, 0.2) is 0 Å². The van der Waals surface area contributed by atoms with Crippen LogP contribution in [0.2, 0.25) is 0 Å². The van der Waals surface area contributed by atoms with Crippen molar-refractivity contribution in [3.63, 3.8) is 0 Å². The summed E-state index contributed by atoms with van der Waals surface area (Å²) in [6.07, 6.45) is 0. The smallest absolute Gasteiger partial charge is 0.399 e. The lowest BCUT2D eigenvalue weighted by molar-refractivity contribution is 0.00578. The Morgan fingerprint density at radius 2 is 0.878 bits per heavy atom. The van der Waals surface area contributed by atoms with Crippen molar-refractivity contribution in [1.29, 1.82) is 0 Å². The first-order valence-electron chi connectivity index (χ1n) is 14.4. The maximum Gasteiger partial charge on any atom is 0.494 e. The van der Waals surface area contributed by atoms with Gasteiger partial charge in [-0.25, -0.2) is 0 Å². The molecule has 0 N–H and O–H groups in total. The summed E-state index contributed by atoms with van der Waals surface area (Å²) in [5, 5.41) is 4.96. The molecule has 0 radical (unpaired) electrons. The third-order valence-corrected chi connectivity index (χ3v) is 8.88. The van der Waals surface area contributed by atoms with Gasteiger partial charge in [0.2, 0.25) is 0 Å². The second-order valence-electron chi connectivity index (χ2n) is 12.1. The fourth-order valence-electron chi connectivity index (χ4n) is 5.78. The fraction of sp³-hybridized carbons (Fsp3) is 0.158. The van der Waals surface area contributed by atoms with E-state index in [9.17, 15) is 0 Å². The molecule has 1 aliphatic heterocycles. The summed E-state index contributed by atoms with van der Waals surface area (Å²) < 4.78 is 12.6. The predicted octanol–water partition coefficient (Wildman–Crippen LogP) is 9.29. The molecular formula is C38H33BO2. The number of fused-ring (bicyclic) bond motifs is 2. The lowest BCUT2D eigenvalue weighted by Gasteiger charge is -2.32. The van der Waals surface area contributed by atoms with E-state index in [2.05, 4.69) is 155 Å². The Balaban J connectivity index is 1.22. The molecule has 0 spiro atoms. The third-order valence-electron chi connectivity index (χ3n) is 8.88. The van der Waals surface area contributed by atoms with Crippen LogP contribution in [0.5, 0.6) is 0 Å². The maximum atomic E-state index is 6.31. The minimum absolute atomic E-state index is 0.360. The van der Waals surface area contributed by atoms with Crippen molar-refractivity contribution in [2.75, 3.05) is 0 Å². The van der Waals surface area contributed by atoms with E-state index < -0.39 is 0 Å². The van der Waals surface area contributed by atoms with Crippen LogP contribution in [0.15, 0.2) is 127 Å². The SMILES string of the molecule is CC1(C)OB(c2cccc(-c3ccc4cc(-c5ccccc5-c5ccc6ccccc6c5)ccc4c3)c2)OC1(C)C. The molecule has 1 saturated heterocycles. The van der Waals surface area contributed by atoms with E-state index in [0.717, 1.165) is 11.0 Å². The van der Waals surface area contributed by atoms with Crippen LogP contribution >= 0.6 is 0 Å². The van der Waals surface area contributed by atoms with Crippen molar-refractivity contribution in [3.8, 4) is 33.4 Å². The van der Waals surface area contributed by atoms with Crippen LogP contribution in [0.1, 0.15) is 27.7 Å². The lowest BCUT2D eigenvalue weighted by Crippen LogP contribution is -2.41.